The lowest BCUT2D eigenvalue weighted by Crippen LogP contribution is -2.34. The van der Waals surface area contributed by atoms with E-state index in [2.05, 4.69) is 0 Å². The van der Waals surface area contributed by atoms with Crippen LogP contribution >= 0.6 is 34.8 Å². The second kappa shape index (κ2) is 5.28. The molecule has 0 aromatic rings. The highest BCUT2D eigenvalue weighted by atomic mass is 35.5. The van der Waals surface area contributed by atoms with Crippen LogP contribution in [0.4, 0.5) is 0 Å². The van der Waals surface area contributed by atoms with Crippen LogP contribution in [0.5, 0.6) is 0 Å². The maximum atomic E-state index is 11.1. The van der Waals surface area contributed by atoms with Crippen LogP contribution in [0.2, 0.25) is 0 Å². The third kappa shape index (κ3) is 3.16. The Morgan fingerprint density at radius 2 is 1.33 bits per heavy atom. The molecule has 0 amide bonds. The van der Waals surface area contributed by atoms with Crippen LogP contribution in [0.25, 0.3) is 0 Å². The minimum atomic E-state index is -0.682. The van der Waals surface area contributed by atoms with Gasteiger partial charge in [0.2, 0.25) is 15.7 Å². The summed E-state index contributed by atoms with van der Waals surface area (Å²) in [7, 11) is 0. The third-order valence-corrected chi connectivity index (χ3v) is 3.62. The van der Waals surface area contributed by atoms with E-state index in [1.165, 1.54) is 0 Å². The molecule has 0 heterocycles. The smallest absolute Gasteiger partial charge is 0.225 e. The molecule has 0 bridgehead atoms. The normalized spacial score (nSPS) is 31.0. The molecule has 0 aromatic heterocycles. The fourth-order valence-corrected chi connectivity index (χ4v) is 2.60. The van der Waals surface area contributed by atoms with Crippen LogP contribution in [0.1, 0.15) is 19.3 Å². The summed E-state index contributed by atoms with van der Waals surface area (Å²) in [6.45, 7) is 0. The van der Waals surface area contributed by atoms with Gasteiger partial charge in [-0.3, -0.25) is 14.4 Å². The molecule has 0 radical (unpaired) electrons. The van der Waals surface area contributed by atoms with Crippen molar-refractivity contribution in [2.75, 3.05) is 0 Å². The van der Waals surface area contributed by atoms with Crippen LogP contribution in [0.3, 0.4) is 0 Å². The molecule has 1 aliphatic carbocycles. The average molecular weight is 272 g/mol. The van der Waals surface area contributed by atoms with E-state index in [-0.39, 0.29) is 6.42 Å². The van der Waals surface area contributed by atoms with Gasteiger partial charge in [-0.05, 0) is 54.1 Å². The van der Waals surface area contributed by atoms with Gasteiger partial charge < -0.3 is 0 Å². The summed E-state index contributed by atoms with van der Waals surface area (Å²) < 4.78 is 0. The zero-order valence-corrected chi connectivity index (χ0v) is 9.98. The minimum Gasteiger partial charge on any atom is -0.281 e. The summed E-state index contributed by atoms with van der Waals surface area (Å²) in [5.41, 5.74) is 0. The fraction of sp³-hybridized carbons (Fsp3) is 0.667. The molecule has 0 spiro atoms. The molecule has 1 unspecified atom stereocenters. The molecule has 1 rings (SSSR count). The molecular formula is C9H9Cl3O3. The van der Waals surface area contributed by atoms with Crippen molar-refractivity contribution in [2.24, 2.45) is 17.8 Å². The lowest BCUT2D eigenvalue weighted by Gasteiger charge is -2.30. The first kappa shape index (κ1) is 12.9. The Kier molecular flexibility index (Phi) is 4.56. The van der Waals surface area contributed by atoms with E-state index in [9.17, 15) is 14.4 Å². The summed E-state index contributed by atoms with van der Waals surface area (Å²) in [6.07, 6.45) is 1.08. The molecule has 84 valence electrons. The molecule has 0 N–H and O–H groups in total. The molecule has 1 fully saturated rings. The number of rotatable bonds is 3. The van der Waals surface area contributed by atoms with E-state index in [4.69, 9.17) is 34.8 Å². The van der Waals surface area contributed by atoms with Crippen LogP contribution in [0.15, 0.2) is 0 Å². The Morgan fingerprint density at radius 1 is 0.800 bits per heavy atom. The standard InChI is InChI=1S/C9H9Cl3O3/c10-7(13)4-1-2-5(8(11)14)6(3-4)9(12)15/h4-6H,1-3H2/t4-,5?,6-/m0/s1. The highest BCUT2D eigenvalue weighted by molar-refractivity contribution is 6.67. The first-order valence-corrected chi connectivity index (χ1v) is 5.65. The minimum absolute atomic E-state index is 0.216. The van der Waals surface area contributed by atoms with E-state index in [1.54, 1.807) is 0 Å². The molecule has 0 aromatic carbocycles. The Labute approximate surface area is 102 Å². The summed E-state index contributed by atoms with van der Waals surface area (Å²) >= 11 is 16.1. The molecule has 6 heteroatoms. The van der Waals surface area contributed by atoms with Crippen molar-refractivity contribution in [1.29, 1.82) is 0 Å². The molecular weight excluding hydrogens is 262 g/mol. The molecule has 1 saturated carbocycles. The van der Waals surface area contributed by atoms with Crippen molar-refractivity contribution in [3.05, 3.63) is 0 Å². The SMILES string of the molecule is O=C(Cl)C1CC[C@H](C(=O)Cl)C[C@@H]1C(=O)Cl. The molecule has 0 aliphatic heterocycles. The van der Waals surface area contributed by atoms with Crippen LogP contribution < -0.4 is 0 Å². The van der Waals surface area contributed by atoms with E-state index < -0.39 is 33.5 Å². The van der Waals surface area contributed by atoms with E-state index in [0.717, 1.165) is 0 Å². The van der Waals surface area contributed by atoms with E-state index >= 15 is 0 Å². The molecule has 1 aliphatic rings. The van der Waals surface area contributed by atoms with Gasteiger partial charge in [0.05, 0.1) is 0 Å². The lowest BCUT2D eigenvalue weighted by molar-refractivity contribution is -0.128. The maximum absolute atomic E-state index is 11.1. The van der Waals surface area contributed by atoms with Gasteiger partial charge in [-0.15, -0.1) is 0 Å². The number of carbonyl (C=O) groups excluding carboxylic acids is 3. The summed E-state index contributed by atoms with van der Waals surface area (Å²) in [6, 6.07) is 0. The second-order valence-corrected chi connectivity index (χ2v) is 4.75. The number of carbonyl (C=O) groups is 3. The zero-order valence-electron chi connectivity index (χ0n) is 7.71. The Balaban J connectivity index is 2.78. The number of halogens is 3. The molecule has 15 heavy (non-hydrogen) atoms. The monoisotopic (exact) mass is 270 g/mol. The lowest BCUT2D eigenvalue weighted by atomic mass is 9.75. The fourth-order valence-electron chi connectivity index (χ4n) is 1.90. The van der Waals surface area contributed by atoms with Gasteiger partial charge in [0, 0.05) is 17.8 Å². The Morgan fingerprint density at radius 3 is 1.73 bits per heavy atom. The van der Waals surface area contributed by atoms with Gasteiger partial charge in [-0.25, -0.2) is 0 Å². The first-order chi connectivity index (χ1) is 6.93. The Hall–Kier alpha value is -0.120. The van der Waals surface area contributed by atoms with Crippen molar-refractivity contribution in [1.82, 2.24) is 0 Å². The van der Waals surface area contributed by atoms with E-state index in [0.29, 0.717) is 12.8 Å². The van der Waals surface area contributed by atoms with Crippen molar-refractivity contribution >= 4 is 50.5 Å². The van der Waals surface area contributed by atoms with Crippen molar-refractivity contribution < 1.29 is 14.4 Å². The largest absolute Gasteiger partial charge is 0.281 e. The predicted octanol–water partition coefficient (Wildman–Crippen LogP) is 2.32. The maximum Gasteiger partial charge on any atom is 0.225 e. The molecule has 3 atom stereocenters. The van der Waals surface area contributed by atoms with Gasteiger partial charge >= 0.3 is 0 Å². The van der Waals surface area contributed by atoms with E-state index in [1.807, 2.05) is 0 Å². The van der Waals surface area contributed by atoms with Gasteiger partial charge in [-0.1, -0.05) is 0 Å². The van der Waals surface area contributed by atoms with Gasteiger partial charge in [0.1, 0.15) is 0 Å². The van der Waals surface area contributed by atoms with Crippen LogP contribution in [0, 0.1) is 17.8 Å². The van der Waals surface area contributed by atoms with Crippen molar-refractivity contribution in [3.63, 3.8) is 0 Å². The Bertz CT molecular complexity index is 303. The highest BCUT2D eigenvalue weighted by Crippen LogP contribution is 2.37. The van der Waals surface area contributed by atoms with Gasteiger partial charge in [0.25, 0.3) is 0 Å². The molecule has 3 nitrogen and oxygen atoms in total. The summed E-state index contributed by atoms with van der Waals surface area (Å²) in [5, 5.41) is -1.69. The summed E-state index contributed by atoms with van der Waals surface area (Å²) in [5.74, 6) is -1.66. The van der Waals surface area contributed by atoms with Crippen molar-refractivity contribution in [3.8, 4) is 0 Å². The third-order valence-electron chi connectivity index (χ3n) is 2.75. The first-order valence-electron chi connectivity index (χ1n) is 4.51. The van der Waals surface area contributed by atoms with Gasteiger partial charge in [0.15, 0.2) is 0 Å². The van der Waals surface area contributed by atoms with Gasteiger partial charge in [-0.2, -0.15) is 0 Å². The summed E-state index contributed by atoms with van der Waals surface area (Å²) in [4.78, 5) is 33.0. The van der Waals surface area contributed by atoms with Crippen LogP contribution in [-0.2, 0) is 14.4 Å². The zero-order chi connectivity index (χ0) is 11.6. The second-order valence-electron chi connectivity index (χ2n) is 3.64. The topological polar surface area (TPSA) is 51.2 Å². The average Bonchev–Trinajstić information content (AvgIpc) is 2.16. The number of hydrogen-bond acceptors (Lipinski definition) is 3. The highest BCUT2D eigenvalue weighted by Gasteiger charge is 2.39. The number of hydrogen-bond donors (Lipinski definition) is 0. The van der Waals surface area contributed by atoms with Crippen molar-refractivity contribution in [2.45, 2.75) is 19.3 Å². The predicted molar refractivity (Wildman–Crippen MR) is 56.9 cm³/mol. The van der Waals surface area contributed by atoms with Crippen LogP contribution in [-0.4, -0.2) is 15.7 Å². The quantitative estimate of drug-likeness (QED) is 0.740. The molecule has 0 saturated heterocycles.